The molecule has 6 heteroatoms. The van der Waals surface area contributed by atoms with Crippen molar-refractivity contribution in [2.24, 2.45) is 5.92 Å². The van der Waals surface area contributed by atoms with Gasteiger partial charge in [-0.3, -0.25) is 9.69 Å². The minimum Gasteiger partial charge on any atom is -0.481 e. The molecule has 0 aromatic rings. The molecular formula is C12H20F3NO2. The molecule has 1 saturated carbocycles. The van der Waals surface area contributed by atoms with E-state index in [1.165, 1.54) is 4.90 Å². The maximum Gasteiger partial charge on any atom is 0.401 e. The van der Waals surface area contributed by atoms with E-state index in [0.717, 1.165) is 12.8 Å². The molecular weight excluding hydrogens is 247 g/mol. The molecule has 1 fully saturated rings. The number of carboxylic acid groups (broad SMARTS) is 1. The Morgan fingerprint density at radius 1 is 1.33 bits per heavy atom. The van der Waals surface area contributed by atoms with Crippen molar-refractivity contribution in [3.63, 3.8) is 0 Å². The molecule has 0 bridgehead atoms. The lowest BCUT2D eigenvalue weighted by molar-refractivity contribution is -0.162. The molecule has 0 spiro atoms. The van der Waals surface area contributed by atoms with Crippen molar-refractivity contribution in [2.75, 3.05) is 13.1 Å². The highest BCUT2D eigenvalue weighted by Gasteiger charge is 2.39. The van der Waals surface area contributed by atoms with Crippen molar-refractivity contribution in [2.45, 2.75) is 51.2 Å². The van der Waals surface area contributed by atoms with Crippen LogP contribution >= 0.6 is 0 Å². The summed E-state index contributed by atoms with van der Waals surface area (Å²) >= 11 is 0. The van der Waals surface area contributed by atoms with Gasteiger partial charge in [0.25, 0.3) is 0 Å². The second-order valence-electron chi connectivity index (χ2n) is 4.88. The first-order valence-electron chi connectivity index (χ1n) is 6.38. The highest BCUT2D eigenvalue weighted by molar-refractivity contribution is 5.71. The van der Waals surface area contributed by atoms with Gasteiger partial charge in [0.1, 0.15) is 0 Å². The van der Waals surface area contributed by atoms with E-state index in [4.69, 9.17) is 5.11 Å². The Morgan fingerprint density at radius 3 is 2.44 bits per heavy atom. The summed E-state index contributed by atoms with van der Waals surface area (Å²) in [4.78, 5) is 12.4. The van der Waals surface area contributed by atoms with Gasteiger partial charge in [0, 0.05) is 6.04 Å². The van der Waals surface area contributed by atoms with Crippen LogP contribution < -0.4 is 0 Å². The van der Waals surface area contributed by atoms with E-state index in [9.17, 15) is 18.0 Å². The number of hydrogen-bond acceptors (Lipinski definition) is 2. The summed E-state index contributed by atoms with van der Waals surface area (Å²) in [7, 11) is 0. The van der Waals surface area contributed by atoms with E-state index < -0.39 is 30.7 Å². The third kappa shape index (κ3) is 4.48. The third-order valence-corrected chi connectivity index (χ3v) is 3.41. The Hall–Kier alpha value is -0.780. The van der Waals surface area contributed by atoms with E-state index >= 15 is 0 Å². The molecule has 1 rings (SSSR count). The maximum absolute atomic E-state index is 12.5. The van der Waals surface area contributed by atoms with Crippen LogP contribution in [0.4, 0.5) is 13.2 Å². The topological polar surface area (TPSA) is 40.5 Å². The molecule has 0 saturated heterocycles. The molecule has 0 aromatic heterocycles. The zero-order chi connectivity index (χ0) is 13.8. The van der Waals surface area contributed by atoms with Crippen molar-refractivity contribution in [1.82, 2.24) is 4.90 Å². The number of carboxylic acids is 1. The molecule has 1 aliphatic carbocycles. The Kier molecular flexibility index (Phi) is 5.44. The molecule has 0 aromatic carbocycles. The minimum atomic E-state index is -4.27. The van der Waals surface area contributed by atoms with Crippen LogP contribution in [0.2, 0.25) is 0 Å². The smallest absolute Gasteiger partial charge is 0.401 e. The lowest BCUT2D eigenvalue weighted by Crippen LogP contribution is -2.49. The van der Waals surface area contributed by atoms with Crippen molar-refractivity contribution >= 4 is 5.97 Å². The molecule has 1 aliphatic rings. The van der Waals surface area contributed by atoms with Crippen molar-refractivity contribution in [3.8, 4) is 0 Å². The van der Waals surface area contributed by atoms with Gasteiger partial charge in [0.2, 0.25) is 0 Å². The monoisotopic (exact) mass is 267 g/mol. The fraction of sp³-hybridized carbons (Fsp3) is 0.917. The van der Waals surface area contributed by atoms with Gasteiger partial charge in [0.15, 0.2) is 0 Å². The highest BCUT2D eigenvalue weighted by Crippen LogP contribution is 2.31. The van der Waals surface area contributed by atoms with Gasteiger partial charge in [0.05, 0.1) is 12.5 Å². The fourth-order valence-electron chi connectivity index (χ4n) is 2.72. The number of aliphatic carboxylic acids is 1. The molecule has 106 valence electrons. The number of hydrogen-bond donors (Lipinski definition) is 1. The Bertz CT molecular complexity index is 281. The summed E-state index contributed by atoms with van der Waals surface area (Å²) in [5, 5.41) is 9.12. The second kappa shape index (κ2) is 6.41. The van der Waals surface area contributed by atoms with Gasteiger partial charge >= 0.3 is 12.1 Å². The van der Waals surface area contributed by atoms with Crippen LogP contribution in [0.1, 0.15) is 39.0 Å². The van der Waals surface area contributed by atoms with Gasteiger partial charge in [-0.25, -0.2) is 0 Å². The molecule has 18 heavy (non-hydrogen) atoms. The molecule has 2 atom stereocenters. The second-order valence-corrected chi connectivity index (χ2v) is 4.88. The summed E-state index contributed by atoms with van der Waals surface area (Å²) < 4.78 is 37.6. The molecule has 2 unspecified atom stereocenters. The molecule has 0 heterocycles. The summed E-state index contributed by atoms with van der Waals surface area (Å²) in [6, 6.07) is -0.474. The fourth-order valence-corrected chi connectivity index (χ4v) is 2.72. The zero-order valence-electron chi connectivity index (χ0n) is 10.5. The summed E-state index contributed by atoms with van der Waals surface area (Å²) in [5.41, 5.74) is 0. The average molecular weight is 267 g/mol. The number of rotatable bonds is 5. The van der Waals surface area contributed by atoms with E-state index in [-0.39, 0.29) is 0 Å². The van der Waals surface area contributed by atoms with Crippen LogP contribution in [0.25, 0.3) is 0 Å². The maximum atomic E-state index is 12.5. The Labute approximate surface area is 105 Å². The largest absolute Gasteiger partial charge is 0.481 e. The van der Waals surface area contributed by atoms with Gasteiger partial charge in [-0.05, 0) is 25.8 Å². The van der Waals surface area contributed by atoms with Gasteiger partial charge in [-0.2, -0.15) is 13.2 Å². The summed E-state index contributed by atoms with van der Waals surface area (Å²) in [6.45, 7) is 1.10. The molecule has 3 nitrogen and oxygen atoms in total. The quantitative estimate of drug-likeness (QED) is 0.832. The van der Waals surface area contributed by atoms with Gasteiger partial charge < -0.3 is 5.11 Å². The zero-order valence-corrected chi connectivity index (χ0v) is 10.5. The Morgan fingerprint density at radius 2 is 1.94 bits per heavy atom. The van der Waals surface area contributed by atoms with E-state index in [2.05, 4.69) is 0 Å². The number of alkyl halides is 3. The first kappa shape index (κ1) is 15.3. The first-order chi connectivity index (χ1) is 8.35. The third-order valence-electron chi connectivity index (χ3n) is 3.41. The summed E-state index contributed by atoms with van der Waals surface area (Å²) in [5.74, 6) is -1.63. The molecule has 1 N–H and O–H groups in total. The number of nitrogens with zero attached hydrogens (tertiary/aromatic N) is 1. The standard InChI is InChI=1S/C12H20F3NO2/c1-2-7-16(8-12(13,14)15)10-6-4-3-5-9(10)11(17)18/h9-10H,2-8H2,1H3,(H,17,18). The average Bonchev–Trinajstić information content (AvgIpc) is 2.26. The van der Waals surface area contributed by atoms with Crippen LogP contribution in [0.5, 0.6) is 0 Å². The van der Waals surface area contributed by atoms with Crippen LogP contribution in [0.3, 0.4) is 0 Å². The van der Waals surface area contributed by atoms with Crippen molar-refractivity contribution < 1.29 is 23.1 Å². The lowest BCUT2D eigenvalue weighted by Gasteiger charge is -2.38. The lowest BCUT2D eigenvalue weighted by atomic mass is 9.83. The number of carbonyl (C=O) groups is 1. The van der Waals surface area contributed by atoms with E-state index in [1.807, 2.05) is 6.92 Å². The minimum absolute atomic E-state index is 0.300. The van der Waals surface area contributed by atoms with E-state index in [0.29, 0.717) is 25.8 Å². The van der Waals surface area contributed by atoms with Gasteiger partial charge in [-0.15, -0.1) is 0 Å². The number of halogens is 3. The highest BCUT2D eigenvalue weighted by atomic mass is 19.4. The normalized spacial score (nSPS) is 25.4. The Balaban J connectivity index is 2.77. The van der Waals surface area contributed by atoms with E-state index in [1.54, 1.807) is 0 Å². The van der Waals surface area contributed by atoms with Crippen LogP contribution in [-0.4, -0.2) is 41.3 Å². The van der Waals surface area contributed by atoms with Crippen LogP contribution in [0, 0.1) is 5.92 Å². The first-order valence-corrected chi connectivity index (χ1v) is 6.38. The van der Waals surface area contributed by atoms with Crippen LogP contribution in [0.15, 0.2) is 0 Å². The van der Waals surface area contributed by atoms with Crippen molar-refractivity contribution in [3.05, 3.63) is 0 Å². The molecule has 0 amide bonds. The predicted octanol–water partition coefficient (Wildman–Crippen LogP) is 2.90. The SMILES string of the molecule is CCCN(CC(F)(F)F)C1CCCCC1C(=O)O. The predicted molar refractivity (Wildman–Crippen MR) is 61.3 cm³/mol. The summed E-state index contributed by atoms with van der Waals surface area (Å²) in [6.07, 6.45) is -1.04. The van der Waals surface area contributed by atoms with Crippen molar-refractivity contribution in [1.29, 1.82) is 0 Å². The van der Waals surface area contributed by atoms with Gasteiger partial charge in [-0.1, -0.05) is 19.8 Å². The van der Waals surface area contributed by atoms with Crippen LogP contribution in [-0.2, 0) is 4.79 Å². The molecule has 0 aliphatic heterocycles. The molecule has 0 radical (unpaired) electrons.